The van der Waals surface area contributed by atoms with E-state index in [9.17, 15) is 0 Å². The zero-order valence-corrected chi connectivity index (χ0v) is 25.0. The van der Waals surface area contributed by atoms with E-state index < -0.39 is 0 Å². The molecule has 0 spiro atoms. The molecule has 1 fully saturated rings. The van der Waals surface area contributed by atoms with Gasteiger partial charge in [0.25, 0.3) is 0 Å². The van der Waals surface area contributed by atoms with Gasteiger partial charge in [-0.2, -0.15) is 5.01 Å². The molecule has 3 aliphatic rings. The van der Waals surface area contributed by atoms with Crippen molar-refractivity contribution in [3.05, 3.63) is 180 Å². The second kappa shape index (κ2) is 10.8. The quantitative estimate of drug-likeness (QED) is 0.190. The molecule has 214 valence electrons. The fourth-order valence-electron chi connectivity index (χ4n) is 6.51. The topological polar surface area (TPSA) is 21.6 Å². The Kier molecular flexibility index (Phi) is 6.50. The maximum absolute atomic E-state index is 5.31. The summed E-state index contributed by atoms with van der Waals surface area (Å²) in [7, 11) is 2.16. The van der Waals surface area contributed by atoms with Crippen LogP contribution >= 0.6 is 0 Å². The van der Waals surface area contributed by atoms with Crippen molar-refractivity contribution in [1.29, 1.82) is 0 Å². The Balaban J connectivity index is 1.11. The van der Waals surface area contributed by atoms with Crippen LogP contribution in [0.3, 0.4) is 0 Å². The van der Waals surface area contributed by atoms with Gasteiger partial charge in [-0.05, 0) is 51.9 Å². The largest absolute Gasteiger partial charge is 0.368 e. The molecule has 4 heteroatoms. The third kappa shape index (κ3) is 4.64. The van der Waals surface area contributed by atoms with E-state index in [0.29, 0.717) is 0 Å². The lowest BCUT2D eigenvalue weighted by Crippen LogP contribution is -2.23. The van der Waals surface area contributed by atoms with Gasteiger partial charge in [0.05, 0.1) is 6.04 Å². The lowest BCUT2D eigenvalue weighted by atomic mass is 9.99. The van der Waals surface area contributed by atoms with E-state index in [1.807, 2.05) is 0 Å². The summed E-state index contributed by atoms with van der Waals surface area (Å²) in [6.07, 6.45) is 6.65. The van der Waals surface area contributed by atoms with Crippen LogP contribution in [0.25, 0.3) is 22.3 Å². The number of hydrogen-bond donors (Lipinski definition) is 0. The van der Waals surface area contributed by atoms with E-state index in [0.717, 1.165) is 11.4 Å². The van der Waals surface area contributed by atoms with E-state index in [1.165, 1.54) is 44.6 Å². The summed E-state index contributed by atoms with van der Waals surface area (Å²) in [5, 5.41) is 4.77. The van der Waals surface area contributed by atoms with Crippen molar-refractivity contribution < 1.29 is 0 Å². The van der Waals surface area contributed by atoms with Gasteiger partial charge in [-0.25, -0.2) is 4.99 Å². The summed E-state index contributed by atoms with van der Waals surface area (Å²) in [4.78, 5) is 7.63. The van der Waals surface area contributed by atoms with Crippen LogP contribution in [0.5, 0.6) is 0 Å². The van der Waals surface area contributed by atoms with E-state index in [2.05, 4.69) is 181 Å². The van der Waals surface area contributed by atoms with Crippen molar-refractivity contribution in [2.45, 2.75) is 25.3 Å². The van der Waals surface area contributed by atoms with Crippen LogP contribution < -0.4 is 0 Å². The van der Waals surface area contributed by atoms with Crippen molar-refractivity contribution in [2.75, 3.05) is 7.05 Å². The van der Waals surface area contributed by atoms with E-state index in [1.54, 1.807) is 0 Å². The number of allylic oxidation sites excluding steroid dienone is 3. The molecule has 4 unspecified atom stereocenters. The molecule has 4 nitrogen and oxygen atoms in total. The normalized spacial score (nSPS) is 22.0. The Morgan fingerprint density at radius 1 is 0.545 bits per heavy atom. The van der Waals surface area contributed by atoms with Crippen LogP contribution in [0.2, 0.25) is 0 Å². The Morgan fingerprint density at radius 3 is 1.66 bits per heavy atom. The molecule has 4 atom stereocenters. The van der Waals surface area contributed by atoms with Crippen molar-refractivity contribution in [2.24, 2.45) is 4.99 Å². The number of hydrogen-bond acceptors (Lipinski definition) is 4. The van der Waals surface area contributed by atoms with Crippen molar-refractivity contribution in [1.82, 2.24) is 14.9 Å². The van der Waals surface area contributed by atoms with Crippen molar-refractivity contribution >= 4 is 5.84 Å². The number of amidine groups is 1. The molecule has 0 N–H and O–H groups in total. The Bertz CT molecular complexity index is 1870. The number of likely N-dealkylation sites (N-methyl/N-ethyl adjacent to an activating group) is 1. The van der Waals surface area contributed by atoms with Gasteiger partial charge in [0, 0.05) is 18.3 Å². The predicted octanol–water partition coefficient (Wildman–Crippen LogP) is 9.16. The fourth-order valence-corrected chi connectivity index (χ4v) is 6.51. The molecule has 0 radical (unpaired) electrons. The summed E-state index contributed by atoms with van der Waals surface area (Å²) in [5.74, 6) is 1.02. The molecule has 3 aliphatic heterocycles. The molecule has 5 aromatic rings. The van der Waals surface area contributed by atoms with Gasteiger partial charge in [-0.15, -0.1) is 0 Å². The average Bonchev–Trinajstić information content (AvgIpc) is 3.70. The number of aliphatic imine (C=N–C) groups is 1. The minimum Gasteiger partial charge on any atom is -0.368 e. The van der Waals surface area contributed by atoms with Crippen LogP contribution in [0.15, 0.2) is 162 Å². The van der Waals surface area contributed by atoms with Gasteiger partial charge in [-0.3, -0.25) is 5.01 Å². The molecule has 3 heterocycles. The van der Waals surface area contributed by atoms with Crippen LogP contribution in [0.4, 0.5) is 0 Å². The summed E-state index contributed by atoms with van der Waals surface area (Å²) in [6.45, 7) is 2.16. The SMILES string of the molecule is CC1=CC=CC(c2ccc(C3N=C(c4ccc(-c5ccccc5)cc4)N4C(c5ccc(-c6ccccc6)cc5)N34)cc2)N1C. The zero-order valence-electron chi connectivity index (χ0n) is 25.0. The number of rotatable bonds is 6. The summed E-state index contributed by atoms with van der Waals surface area (Å²) < 4.78 is 0. The van der Waals surface area contributed by atoms with Crippen LogP contribution in [0, 0.1) is 0 Å². The standard InChI is InChI=1S/C40H34N4/c1-28-10-9-15-37(42(28)2)33-20-24-35(25-21-33)39-41-38(34-22-16-31(17-23-34)29-11-5-3-6-12-29)43-40(44(39)43)36-26-18-32(19-27-36)30-13-7-4-8-14-30/h3-27,37,39-40H,1-2H3. The highest BCUT2D eigenvalue weighted by Gasteiger charge is 2.57. The van der Waals surface area contributed by atoms with E-state index >= 15 is 0 Å². The van der Waals surface area contributed by atoms with Crippen molar-refractivity contribution in [3.63, 3.8) is 0 Å². The monoisotopic (exact) mass is 570 g/mol. The summed E-state index contributed by atoms with van der Waals surface area (Å²) >= 11 is 0. The lowest BCUT2D eigenvalue weighted by molar-refractivity contribution is 0.340. The second-order valence-electron chi connectivity index (χ2n) is 11.8. The second-order valence-corrected chi connectivity index (χ2v) is 11.8. The van der Waals surface area contributed by atoms with Gasteiger partial charge in [0.1, 0.15) is 18.2 Å². The van der Waals surface area contributed by atoms with Crippen molar-refractivity contribution in [3.8, 4) is 22.3 Å². The molecular formula is C40H34N4. The van der Waals surface area contributed by atoms with Crippen LogP contribution in [-0.4, -0.2) is 27.8 Å². The molecule has 1 saturated heterocycles. The molecule has 8 rings (SSSR count). The fraction of sp³-hybridized carbons (Fsp3) is 0.125. The molecule has 0 amide bonds. The van der Waals surface area contributed by atoms with Gasteiger partial charge < -0.3 is 4.90 Å². The van der Waals surface area contributed by atoms with Gasteiger partial charge in [0.2, 0.25) is 0 Å². The minimum absolute atomic E-state index is 0.0760. The van der Waals surface area contributed by atoms with Gasteiger partial charge >= 0.3 is 0 Å². The Hall–Kier alpha value is -5.19. The lowest BCUT2D eigenvalue weighted by Gasteiger charge is -2.31. The molecule has 44 heavy (non-hydrogen) atoms. The number of fused-ring (bicyclic) bond motifs is 1. The number of benzene rings is 5. The molecular weight excluding hydrogens is 536 g/mol. The first kappa shape index (κ1) is 26.4. The smallest absolute Gasteiger partial charge is 0.150 e. The van der Waals surface area contributed by atoms with E-state index in [4.69, 9.17) is 4.99 Å². The molecule has 0 aliphatic carbocycles. The first-order chi connectivity index (χ1) is 21.7. The van der Waals surface area contributed by atoms with Crippen LogP contribution in [-0.2, 0) is 0 Å². The average molecular weight is 571 g/mol. The van der Waals surface area contributed by atoms with E-state index in [-0.39, 0.29) is 18.4 Å². The van der Waals surface area contributed by atoms with Gasteiger partial charge in [-0.1, -0.05) is 146 Å². The first-order valence-corrected chi connectivity index (χ1v) is 15.3. The van der Waals surface area contributed by atoms with Gasteiger partial charge in [0.15, 0.2) is 0 Å². The Morgan fingerprint density at radius 2 is 1.05 bits per heavy atom. The third-order valence-corrected chi connectivity index (χ3v) is 9.14. The Labute approximate surface area is 259 Å². The third-order valence-electron chi connectivity index (χ3n) is 9.14. The number of nitrogens with zero attached hydrogens (tertiary/aromatic N) is 4. The maximum Gasteiger partial charge on any atom is 0.150 e. The zero-order chi connectivity index (χ0) is 29.6. The highest BCUT2D eigenvalue weighted by Crippen LogP contribution is 2.54. The van der Waals surface area contributed by atoms with Crippen LogP contribution in [0.1, 0.15) is 47.6 Å². The number of hydrazine groups is 1. The summed E-state index contributed by atoms with van der Waals surface area (Å²) in [6, 6.07) is 48.2. The highest BCUT2D eigenvalue weighted by molar-refractivity contribution is 6.01. The molecule has 0 aromatic heterocycles. The molecule has 0 saturated carbocycles. The minimum atomic E-state index is -0.0760. The summed E-state index contributed by atoms with van der Waals surface area (Å²) in [5.41, 5.74) is 11.1. The first-order valence-electron chi connectivity index (χ1n) is 15.3. The predicted molar refractivity (Wildman–Crippen MR) is 179 cm³/mol. The molecule has 0 bridgehead atoms. The highest BCUT2D eigenvalue weighted by atomic mass is 15.9. The maximum atomic E-state index is 5.31. The molecule has 5 aromatic carbocycles.